The monoisotopic (exact) mass is 270 g/mol. The molecule has 1 fully saturated rings. The summed E-state index contributed by atoms with van der Waals surface area (Å²) < 4.78 is 3.67. The number of nitrogens with zero attached hydrogens (tertiary/aromatic N) is 2. The molecule has 1 saturated carbocycles. The summed E-state index contributed by atoms with van der Waals surface area (Å²) in [5, 5.41) is 6.61. The van der Waals surface area contributed by atoms with E-state index in [1.807, 2.05) is 0 Å². The summed E-state index contributed by atoms with van der Waals surface area (Å²) in [5.74, 6) is -0.185. The van der Waals surface area contributed by atoms with E-state index in [0.29, 0.717) is 9.87 Å². The average Bonchev–Trinajstić information content (AvgIpc) is 2.83. The number of aromatic nitrogens is 2. The Morgan fingerprint density at radius 2 is 2.18 bits per heavy atom. The van der Waals surface area contributed by atoms with Crippen molar-refractivity contribution < 1.29 is 4.79 Å². The fourth-order valence-electron chi connectivity index (χ4n) is 2.13. The van der Waals surface area contributed by atoms with Gasteiger partial charge in [-0.1, -0.05) is 36.0 Å². The number of carbonyl (C=O) groups excluding carboxylic acids is 1. The second-order valence-electron chi connectivity index (χ2n) is 4.24. The van der Waals surface area contributed by atoms with Gasteiger partial charge >= 0.3 is 0 Å². The molecule has 1 heterocycles. The highest BCUT2D eigenvalue weighted by atomic mass is 32.1. The Bertz CT molecular complexity index is 412. The van der Waals surface area contributed by atoms with Crippen molar-refractivity contribution in [2.45, 2.75) is 37.6 Å². The molecule has 0 bridgehead atoms. The summed E-state index contributed by atoms with van der Waals surface area (Å²) in [7, 11) is 0. The van der Waals surface area contributed by atoms with Gasteiger partial charge in [-0.15, -0.1) is 5.10 Å². The summed E-state index contributed by atoms with van der Waals surface area (Å²) in [6.45, 7) is 0. The van der Waals surface area contributed by atoms with Crippen LogP contribution in [0, 0.1) is 0 Å². The number of thiocarbonyl (C=S) groups is 1. The first-order valence-electron chi connectivity index (χ1n) is 5.54. The summed E-state index contributed by atoms with van der Waals surface area (Å²) in [4.78, 5) is 12.9. The summed E-state index contributed by atoms with van der Waals surface area (Å²) in [5.41, 5.74) is 5.27. The average molecular weight is 270 g/mol. The Labute approximate surface area is 109 Å². The highest BCUT2D eigenvalue weighted by Crippen LogP contribution is 2.29. The van der Waals surface area contributed by atoms with Crippen LogP contribution in [0.5, 0.6) is 0 Å². The Kier molecular flexibility index (Phi) is 3.68. The maximum atomic E-state index is 12.0. The molecule has 5 nitrogen and oxygen atoms in total. The summed E-state index contributed by atoms with van der Waals surface area (Å²) in [6, 6.07) is 0. The zero-order valence-electron chi connectivity index (χ0n) is 9.31. The van der Waals surface area contributed by atoms with E-state index < -0.39 is 5.54 Å². The van der Waals surface area contributed by atoms with Gasteiger partial charge in [-0.2, -0.15) is 0 Å². The van der Waals surface area contributed by atoms with E-state index >= 15 is 0 Å². The molecule has 0 aliphatic heterocycles. The molecule has 92 valence electrons. The Balaban J connectivity index is 2.13. The molecule has 7 heteroatoms. The Hall–Kier alpha value is -1.08. The van der Waals surface area contributed by atoms with Crippen molar-refractivity contribution in [1.29, 1.82) is 0 Å². The van der Waals surface area contributed by atoms with Crippen molar-refractivity contribution in [2.75, 3.05) is 0 Å². The van der Waals surface area contributed by atoms with Crippen LogP contribution in [-0.4, -0.2) is 26.0 Å². The smallest absolute Gasteiger partial charge is 0.265 e. The van der Waals surface area contributed by atoms with Gasteiger partial charge < -0.3 is 11.1 Å². The van der Waals surface area contributed by atoms with E-state index in [1.54, 1.807) is 0 Å². The lowest BCUT2D eigenvalue weighted by atomic mass is 9.81. The molecular weight excluding hydrogens is 256 g/mol. The molecule has 0 spiro atoms. The summed E-state index contributed by atoms with van der Waals surface area (Å²) in [6.07, 6.45) is 6.34. The molecule has 1 amide bonds. The van der Waals surface area contributed by atoms with Gasteiger partial charge in [-0.05, 0) is 24.4 Å². The number of nitrogens with two attached hydrogens (primary N) is 1. The van der Waals surface area contributed by atoms with E-state index in [2.05, 4.69) is 14.9 Å². The van der Waals surface area contributed by atoms with E-state index in [-0.39, 0.29) is 5.91 Å². The van der Waals surface area contributed by atoms with Crippen molar-refractivity contribution in [3.05, 3.63) is 11.1 Å². The molecular formula is C10H14N4OS2. The quantitative estimate of drug-likeness (QED) is 0.808. The molecule has 2 rings (SSSR count). The van der Waals surface area contributed by atoms with Crippen molar-refractivity contribution in [1.82, 2.24) is 14.9 Å². The van der Waals surface area contributed by atoms with Gasteiger partial charge in [-0.25, -0.2) is 0 Å². The van der Waals surface area contributed by atoms with Crippen molar-refractivity contribution in [2.24, 2.45) is 5.73 Å². The fraction of sp³-hybridized carbons (Fsp3) is 0.600. The van der Waals surface area contributed by atoms with Crippen molar-refractivity contribution in [3.8, 4) is 0 Å². The van der Waals surface area contributed by atoms with Gasteiger partial charge in [0.25, 0.3) is 5.91 Å². The minimum atomic E-state index is -0.519. The van der Waals surface area contributed by atoms with Gasteiger partial charge in [0.2, 0.25) is 0 Å². The van der Waals surface area contributed by atoms with Crippen LogP contribution >= 0.6 is 23.8 Å². The van der Waals surface area contributed by atoms with Crippen LogP contribution in [-0.2, 0) is 0 Å². The molecule has 0 atom stereocenters. The van der Waals surface area contributed by atoms with Crippen LogP contribution in [0.3, 0.4) is 0 Å². The highest BCUT2D eigenvalue weighted by molar-refractivity contribution is 7.80. The molecule has 1 aromatic heterocycles. The number of amides is 1. The minimum Gasteiger partial charge on any atom is -0.391 e. The third kappa shape index (κ3) is 2.61. The lowest BCUT2D eigenvalue weighted by Crippen LogP contribution is -2.57. The molecule has 3 N–H and O–H groups in total. The minimum absolute atomic E-state index is 0.185. The zero-order chi connectivity index (χ0) is 12.3. The topological polar surface area (TPSA) is 80.9 Å². The molecule has 1 aliphatic carbocycles. The largest absolute Gasteiger partial charge is 0.391 e. The highest BCUT2D eigenvalue weighted by Gasteiger charge is 2.36. The zero-order valence-corrected chi connectivity index (χ0v) is 10.9. The number of hydrogen-bond donors (Lipinski definition) is 2. The molecule has 0 radical (unpaired) electrons. The summed E-state index contributed by atoms with van der Waals surface area (Å²) >= 11 is 6.18. The molecule has 0 saturated heterocycles. The number of nitrogens with one attached hydrogen (secondary N) is 1. The molecule has 1 aromatic rings. The predicted octanol–water partition coefficient (Wildman–Crippen LogP) is 1.26. The number of rotatable bonds is 3. The standard InChI is InChI=1S/C10H14N4OS2/c11-9(16)10(4-2-1-3-5-10)13-8(15)7-6-12-14-17-7/h6H,1-5H2,(H2,11,16)(H,13,15). The number of hydrogen-bond acceptors (Lipinski definition) is 5. The lowest BCUT2D eigenvalue weighted by molar-refractivity contribution is 0.0912. The van der Waals surface area contributed by atoms with Crippen LogP contribution in [0.15, 0.2) is 6.20 Å². The van der Waals surface area contributed by atoms with Gasteiger partial charge in [0.15, 0.2) is 0 Å². The Morgan fingerprint density at radius 3 is 2.71 bits per heavy atom. The lowest BCUT2D eigenvalue weighted by Gasteiger charge is -2.36. The van der Waals surface area contributed by atoms with Crippen LogP contribution in [0.4, 0.5) is 0 Å². The van der Waals surface area contributed by atoms with Gasteiger partial charge in [0.05, 0.1) is 16.7 Å². The third-order valence-electron chi connectivity index (χ3n) is 3.12. The first-order chi connectivity index (χ1) is 8.14. The van der Waals surface area contributed by atoms with Crippen LogP contribution in [0.2, 0.25) is 0 Å². The fourth-order valence-corrected chi connectivity index (χ4v) is 2.80. The van der Waals surface area contributed by atoms with Gasteiger partial charge in [-0.3, -0.25) is 4.79 Å². The van der Waals surface area contributed by atoms with Gasteiger partial charge in [0.1, 0.15) is 4.88 Å². The van der Waals surface area contributed by atoms with E-state index in [1.165, 1.54) is 12.6 Å². The van der Waals surface area contributed by atoms with Crippen LogP contribution in [0.1, 0.15) is 41.8 Å². The number of carbonyl (C=O) groups is 1. The SMILES string of the molecule is NC(=S)C1(NC(=O)c2cnns2)CCCCC1. The van der Waals surface area contributed by atoms with Crippen molar-refractivity contribution in [3.63, 3.8) is 0 Å². The maximum Gasteiger partial charge on any atom is 0.265 e. The predicted molar refractivity (Wildman–Crippen MR) is 70.0 cm³/mol. The maximum absolute atomic E-state index is 12.0. The van der Waals surface area contributed by atoms with Crippen LogP contribution < -0.4 is 11.1 Å². The second-order valence-corrected chi connectivity index (χ2v) is 5.47. The van der Waals surface area contributed by atoms with Crippen LogP contribution in [0.25, 0.3) is 0 Å². The molecule has 17 heavy (non-hydrogen) atoms. The molecule has 1 aliphatic rings. The van der Waals surface area contributed by atoms with E-state index in [9.17, 15) is 4.79 Å². The molecule has 0 aromatic carbocycles. The van der Waals surface area contributed by atoms with Gasteiger partial charge in [0, 0.05) is 0 Å². The third-order valence-corrected chi connectivity index (χ3v) is 4.17. The Morgan fingerprint density at radius 1 is 1.47 bits per heavy atom. The molecule has 0 unspecified atom stereocenters. The first kappa shape index (κ1) is 12.4. The van der Waals surface area contributed by atoms with Crippen molar-refractivity contribution >= 4 is 34.6 Å². The van der Waals surface area contributed by atoms with E-state index in [0.717, 1.165) is 37.2 Å². The van der Waals surface area contributed by atoms with E-state index in [4.69, 9.17) is 18.0 Å². The normalized spacial score (nSPS) is 18.6. The second kappa shape index (κ2) is 5.05. The first-order valence-corrected chi connectivity index (χ1v) is 6.72.